The van der Waals surface area contributed by atoms with Crippen LogP contribution in [0.25, 0.3) is 0 Å². The molecule has 0 radical (unpaired) electrons. The minimum absolute atomic E-state index is 0.0343. The number of rotatable bonds is 10. The highest BCUT2D eigenvalue weighted by Crippen LogP contribution is 2.17. The molecular formula is C20H29N5O3S. The van der Waals surface area contributed by atoms with Gasteiger partial charge in [-0.2, -0.15) is 0 Å². The first-order valence-corrected chi connectivity index (χ1v) is 11.1. The highest BCUT2D eigenvalue weighted by molar-refractivity contribution is 7.92. The van der Waals surface area contributed by atoms with E-state index in [4.69, 9.17) is 0 Å². The molecule has 0 spiro atoms. The molecule has 0 aliphatic rings. The van der Waals surface area contributed by atoms with Crippen molar-refractivity contribution in [3.05, 3.63) is 41.7 Å². The summed E-state index contributed by atoms with van der Waals surface area (Å²) in [4.78, 5) is 22.5. The predicted octanol–water partition coefficient (Wildman–Crippen LogP) is 2.95. The third kappa shape index (κ3) is 7.43. The number of nitrogens with zero attached hydrogens (tertiary/aromatic N) is 3. The fourth-order valence-corrected chi connectivity index (χ4v) is 3.67. The molecule has 0 saturated heterocycles. The van der Waals surface area contributed by atoms with Crippen LogP contribution in [-0.4, -0.2) is 49.3 Å². The van der Waals surface area contributed by atoms with Crippen LogP contribution in [0.1, 0.15) is 37.6 Å². The van der Waals surface area contributed by atoms with E-state index >= 15 is 0 Å². The monoisotopic (exact) mass is 419 g/mol. The Morgan fingerprint density at radius 1 is 1.07 bits per heavy atom. The van der Waals surface area contributed by atoms with Crippen LogP contribution in [0.4, 0.5) is 11.6 Å². The van der Waals surface area contributed by atoms with Gasteiger partial charge >= 0.3 is 0 Å². The Labute approximate surface area is 172 Å². The molecule has 0 fully saturated rings. The molecule has 0 aliphatic heterocycles. The molecule has 158 valence electrons. The Kier molecular flexibility index (Phi) is 8.10. The van der Waals surface area contributed by atoms with Crippen molar-refractivity contribution in [2.24, 2.45) is 0 Å². The lowest BCUT2D eigenvalue weighted by Gasteiger charge is -2.15. The van der Waals surface area contributed by atoms with Crippen LogP contribution in [-0.2, 0) is 14.8 Å². The summed E-state index contributed by atoms with van der Waals surface area (Å²) in [7, 11) is -1.82. The number of sulfonamides is 1. The van der Waals surface area contributed by atoms with Crippen molar-refractivity contribution >= 4 is 27.6 Å². The van der Waals surface area contributed by atoms with Crippen LogP contribution in [0.15, 0.2) is 35.2 Å². The molecule has 0 bridgehead atoms. The molecule has 2 aromatic rings. The summed E-state index contributed by atoms with van der Waals surface area (Å²) in [6.07, 6.45) is 2.61. The first-order valence-electron chi connectivity index (χ1n) is 9.63. The summed E-state index contributed by atoms with van der Waals surface area (Å²) in [6, 6.07) is 7.77. The third-order valence-corrected chi connectivity index (χ3v) is 5.61. The number of unbranched alkanes of at least 4 members (excludes halogenated alkanes) is 1. The number of benzene rings is 1. The first kappa shape index (κ1) is 22.8. The van der Waals surface area contributed by atoms with Crippen LogP contribution >= 0.6 is 0 Å². The second-order valence-electron chi connectivity index (χ2n) is 7.06. The van der Waals surface area contributed by atoms with E-state index in [9.17, 15) is 13.2 Å². The molecule has 8 nitrogen and oxygen atoms in total. The molecule has 0 aliphatic carbocycles. The summed E-state index contributed by atoms with van der Waals surface area (Å²) < 4.78 is 27.5. The van der Waals surface area contributed by atoms with Crippen molar-refractivity contribution < 1.29 is 13.2 Å². The van der Waals surface area contributed by atoms with Gasteiger partial charge in [0.1, 0.15) is 0 Å². The SMILES string of the molecule is CCCCN(C)CCC(=O)Nc1ccc(S(=O)(=O)Nc2nc(C)cc(C)n2)cc1. The van der Waals surface area contributed by atoms with Crippen molar-refractivity contribution in [1.82, 2.24) is 14.9 Å². The molecule has 1 amide bonds. The van der Waals surface area contributed by atoms with Gasteiger partial charge in [-0.1, -0.05) is 13.3 Å². The van der Waals surface area contributed by atoms with E-state index in [0.717, 1.165) is 19.4 Å². The number of aromatic nitrogens is 2. The van der Waals surface area contributed by atoms with Crippen molar-refractivity contribution in [2.45, 2.75) is 44.9 Å². The molecule has 9 heteroatoms. The van der Waals surface area contributed by atoms with E-state index in [0.29, 0.717) is 30.0 Å². The summed E-state index contributed by atoms with van der Waals surface area (Å²) >= 11 is 0. The Balaban J connectivity index is 1.95. The fourth-order valence-electron chi connectivity index (χ4n) is 2.72. The molecule has 1 heterocycles. The molecule has 0 unspecified atom stereocenters. The Morgan fingerprint density at radius 3 is 2.28 bits per heavy atom. The van der Waals surface area contributed by atoms with Crippen molar-refractivity contribution in [2.75, 3.05) is 30.2 Å². The van der Waals surface area contributed by atoms with Gasteiger partial charge in [0, 0.05) is 30.0 Å². The van der Waals surface area contributed by atoms with Gasteiger partial charge in [0.05, 0.1) is 4.90 Å². The minimum Gasteiger partial charge on any atom is -0.326 e. The largest absolute Gasteiger partial charge is 0.326 e. The number of amides is 1. The maximum Gasteiger partial charge on any atom is 0.264 e. The Bertz CT molecular complexity index is 909. The molecule has 1 aromatic carbocycles. The van der Waals surface area contributed by atoms with E-state index in [2.05, 4.69) is 31.8 Å². The van der Waals surface area contributed by atoms with Crippen LogP contribution in [0.2, 0.25) is 0 Å². The van der Waals surface area contributed by atoms with Gasteiger partial charge < -0.3 is 10.2 Å². The second kappa shape index (κ2) is 10.3. The molecule has 0 saturated carbocycles. The molecule has 1 aromatic heterocycles. The number of hydrogen-bond donors (Lipinski definition) is 2. The first-order chi connectivity index (χ1) is 13.7. The summed E-state index contributed by atoms with van der Waals surface area (Å²) in [5.74, 6) is -0.0715. The van der Waals surface area contributed by atoms with E-state index in [1.54, 1.807) is 32.0 Å². The summed E-state index contributed by atoms with van der Waals surface area (Å²) in [5, 5.41) is 2.79. The van der Waals surface area contributed by atoms with Crippen LogP contribution in [0.5, 0.6) is 0 Å². The number of hydrogen-bond acceptors (Lipinski definition) is 6. The highest BCUT2D eigenvalue weighted by atomic mass is 32.2. The minimum atomic E-state index is -3.82. The number of anilines is 2. The molecule has 29 heavy (non-hydrogen) atoms. The van der Waals surface area contributed by atoms with Gasteiger partial charge in [0.2, 0.25) is 11.9 Å². The Hall–Kier alpha value is -2.52. The number of carbonyl (C=O) groups is 1. The zero-order chi connectivity index (χ0) is 21.4. The fraction of sp³-hybridized carbons (Fsp3) is 0.450. The maximum absolute atomic E-state index is 12.5. The average Bonchev–Trinajstić information content (AvgIpc) is 2.64. The number of carbonyl (C=O) groups excluding carboxylic acids is 1. The van der Waals surface area contributed by atoms with E-state index < -0.39 is 10.0 Å². The maximum atomic E-state index is 12.5. The van der Waals surface area contributed by atoms with Gasteiger partial charge in [0.15, 0.2) is 0 Å². The van der Waals surface area contributed by atoms with Gasteiger partial charge in [-0.15, -0.1) is 0 Å². The van der Waals surface area contributed by atoms with Crippen LogP contribution < -0.4 is 10.0 Å². The summed E-state index contributed by atoms with van der Waals surface area (Å²) in [6.45, 7) is 7.32. The predicted molar refractivity (Wildman–Crippen MR) is 114 cm³/mol. The molecule has 2 rings (SSSR count). The van der Waals surface area contributed by atoms with E-state index in [-0.39, 0.29) is 16.8 Å². The number of aryl methyl sites for hydroxylation is 2. The Morgan fingerprint density at radius 2 is 1.69 bits per heavy atom. The molecular weight excluding hydrogens is 390 g/mol. The van der Waals surface area contributed by atoms with Crippen LogP contribution in [0.3, 0.4) is 0 Å². The van der Waals surface area contributed by atoms with Gasteiger partial charge in [-0.25, -0.2) is 23.1 Å². The molecule has 0 atom stereocenters. The molecule has 2 N–H and O–H groups in total. The van der Waals surface area contributed by atoms with Crippen molar-refractivity contribution in [1.29, 1.82) is 0 Å². The van der Waals surface area contributed by atoms with Crippen molar-refractivity contribution in [3.63, 3.8) is 0 Å². The lowest BCUT2D eigenvalue weighted by atomic mass is 10.3. The zero-order valence-corrected chi connectivity index (χ0v) is 18.2. The smallest absolute Gasteiger partial charge is 0.264 e. The quantitative estimate of drug-likeness (QED) is 0.614. The lowest BCUT2D eigenvalue weighted by molar-refractivity contribution is -0.116. The van der Waals surface area contributed by atoms with E-state index in [1.165, 1.54) is 12.1 Å². The summed E-state index contributed by atoms with van der Waals surface area (Å²) in [5.41, 5.74) is 1.90. The standard InChI is InChI=1S/C20H29N5O3S/c1-5-6-12-25(4)13-11-19(26)23-17-7-9-18(10-8-17)29(27,28)24-20-21-15(2)14-16(3)22-20/h7-10,14H,5-6,11-13H2,1-4H3,(H,23,26)(H,21,22,24). The third-order valence-electron chi connectivity index (χ3n) is 4.27. The van der Waals surface area contributed by atoms with Gasteiger partial charge in [-0.3, -0.25) is 4.79 Å². The lowest BCUT2D eigenvalue weighted by Crippen LogP contribution is -2.25. The van der Waals surface area contributed by atoms with Gasteiger partial charge in [0.25, 0.3) is 10.0 Å². The average molecular weight is 420 g/mol. The van der Waals surface area contributed by atoms with Gasteiger partial charge in [-0.05, 0) is 64.2 Å². The second-order valence-corrected chi connectivity index (χ2v) is 8.74. The van der Waals surface area contributed by atoms with E-state index in [1.807, 2.05) is 7.05 Å². The van der Waals surface area contributed by atoms with Crippen molar-refractivity contribution in [3.8, 4) is 0 Å². The number of nitrogens with one attached hydrogen (secondary N) is 2. The highest BCUT2D eigenvalue weighted by Gasteiger charge is 2.16. The van der Waals surface area contributed by atoms with Crippen LogP contribution in [0, 0.1) is 13.8 Å². The normalized spacial score (nSPS) is 11.5. The topological polar surface area (TPSA) is 104 Å². The zero-order valence-electron chi connectivity index (χ0n) is 17.4.